The third kappa shape index (κ3) is 6.36. The standard InChI is InChI=1S/C26H30Cl3N3O4/c1-15(36-24-10-6-18(27)12-30-24)20-13-32(14-21(20)17-5-9-22(28)23(29)11-17)25(33)16-3-7-19(8-4-16)31-26(34)35-2/h5-6,9-12,15-16,19-21H,3-4,7-8,13-14H2,1-2H3,(H,31,34)/t15-,16-,19-,20+,21+/m0/s1. The Morgan fingerprint density at radius 2 is 1.81 bits per heavy atom. The quantitative estimate of drug-likeness (QED) is 0.476. The molecule has 2 aliphatic rings. The van der Waals surface area contributed by atoms with Crippen LogP contribution in [0.5, 0.6) is 5.88 Å². The smallest absolute Gasteiger partial charge is 0.407 e. The van der Waals surface area contributed by atoms with E-state index in [9.17, 15) is 9.59 Å². The van der Waals surface area contributed by atoms with Crippen LogP contribution in [0.25, 0.3) is 0 Å². The van der Waals surface area contributed by atoms with Crippen LogP contribution in [0.2, 0.25) is 15.1 Å². The fourth-order valence-corrected chi connectivity index (χ4v) is 5.68. The number of pyridine rings is 1. The minimum Gasteiger partial charge on any atom is -0.474 e. The first-order valence-corrected chi connectivity index (χ1v) is 13.2. The van der Waals surface area contributed by atoms with Crippen LogP contribution in [0, 0.1) is 11.8 Å². The summed E-state index contributed by atoms with van der Waals surface area (Å²) in [7, 11) is 1.35. The van der Waals surface area contributed by atoms with Gasteiger partial charge in [0.2, 0.25) is 11.8 Å². The molecule has 0 radical (unpaired) electrons. The highest BCUT2D eigenvalue weighted by Crippen LogP contribution is 2.39. The molecule has 2 fully saturated rings. The number of methoxy groups -OCH3 is 1. The van der Waals surface area contributed by atoms with E-state index < -0.39 is 6.09 Å². The second-order valence-electron chi connectivity index (χ2n) is 9.51. The van der Waals surface area contributed by atoms with Gasteiger partial charge in [0.1, 0.15) is 6.10 Å². The lowest BCUT2D eigenvalue weighted by molar-refractivity contribution is -0.135. The number of carbonyl (C=O) groups is 2. The number of ether oxygens (including phenoxy) is 2. The van der Waals surface area contributed by atoms with Crippen molar-refractivity contribution in [2.45, 2.75) is 50.7 Å². The molecule has 0 bridgehead atoms. The fourth-order valence-electron chi connectivity index (χ4n) is 5.26. The molecule has 7 nitrogen and oxygen atoms in total. The molecule has 4 rings (SSSR count). The lowest BCUT2D eigenvalue weighted by atomic mass is 9.85. The zero-order valence-electron chi connectivity index (χ0n) is 20.3. The van der Waals surface area contributed by atoms with Gasteiger partial charge in [0.25, 0.3) is 0 Å². The fraction of sp³-hybridized carbons (Fsp3) is 0.500. The molecular formula is C26H30Cl3N3O4. The van der Waals surface area contributed by atoms with Crippen molar-refractivity contribution >= 4 is 46.8 Å². The van der Waals surface area contributed by atoms with Crippen LogP contribution in [-0.2, 0) is 9.53 Å². The number of benzene rings is 1. The number of alkyl carbamates (subject to hydrolysis) is 1. The Kier molecular flexibility index (Phi) is 8.86. The predicted molar refractivity (Wildman–Crippen MR) is 140 cm³/mol. The summed E-state index contributed by atoms with van der Waals surface area (Å²) >= 11 is 18.5. The van der Waals surface area contributed by atoms with E-state index in [4.69, 9.17) is 44.3 Å². The van der Waals surface area contributed by atoms with E-state index in [0.717, 1.165) is 31.2 Å². The second-order valence-corrected chi connectivity index (χ2v) is 10.8. The Morgan fingerprint density at radius 1 is 1.06 bits per heavy atom. The normalized spacial score (nSPS) is 24.8. The first-order chi connectivity index (χ1) is 17.2. The zero-order chi connectivity index (χ0) is 25.8. The van der Waals surface area contributed by atoms with Gasteiger partial charge in [-0.05, 0) is 56.4 Å². The molecule has 1 N–H and O–H groups in total. The molecule has 3 atom stereocenters. The Labute approximate surface area is 226 Å². The Morgan fingerprint density at radius 3 is 2.44 bits per heavy atom. The van der Waals surface area contributed by atoms with Gasteiger partial charge in [0, 0.05) is 49.1 Å². The molecule has 0 spiro atoms. The number of rotatable bonds is 6. The molecule has 1 saturated carbocycles. The maximum Gasteiger partial charge on any atom is 0.407 e. The average molecular weight is 555 g/mol. The Bertz CT molecular complexity index is 1080. The molecule has 10 heteroatoms. The highest BCUT2D eigenvalue weighted by atomic mass is 35.5. The maximum absolute atomic E-state index is 13.5. The van der Waals surface area contributed by atoms with Crippen molar-refractivity contribution in [1.82, 2.24) is 15.2 Å². The van der Waals surface area contributed by atoms with Gasteiger partial charge in [-0.2, -0.15) is 0 Å². The predicted octanol–water partition coefficient (Wildman–Crippen LogP) is 5.97. The Hall–Kier alpha value is -2.22. The van der Waals surface area contributed by atoms with Crippen molar-refractivity contribution in [1.29, 1.82) is 0 Å². The number of aromatic nitrogens is 1. The topological polar surface area (TPSA) is 80.8 Å². The lowest BCUT2D eigenvalue weighted by Gasteiger charge is -2.30. The number of nitrogens with zero attached hydrogens (tertiary/aromatic N) is 2. The summed E-state index contributed by atoms with van der Waals surface area (Å²) in [5.41, 5.74) is 1.02. The van der Waals surface area contributed by atoms with E-state index in [1.165, 1.54) is 7.11 Å². The highest BCUT2D eigenvalue weighted by Gasteiger charge is 2.42. The van der Waals surface area contributed by atoms with E-state index in [1.54, 1.807) is 24.4 Å². The molecule has 1 saturated heterocycles. The molecule has 194 valence electrons. The van der Waals surface area contributed by atoms with Gasteiger partial charge in [-0.25, -0.2) is 9.78 Å². The molecular weight excluding hydrogens is 525 g/mol. The summed E-state index contributed by atoms with van der Waals surface area (Å²) < 4.78 is 10.9. The van der Waals surface area contributed by atoms with Crippen molar-refractivity contribution in [3.8, 4) is 5.88 Å². The van der Waals surface area contributed by atoms with E-state index >= 15 is 0 Å². The first-order valence-electron chi connectivity index (χ1n) is 12.1. The minimum absolute atomic E-state index is 0.0287. The zero-order valence-corrected chi connectivity index (χ0v) is 22.5. The number of halogens is 3. The highest BCUT2D eigenvalue weighted by molar-refractivity contribution is 6.42. The summed E-state index contributed by atoms with van der Waals surface area (Å²) in [5.74, 6) is 0.629. The van der Waals surface area contributed by atoms with E-state index in [2.05, 4.69) is 10.3 Å². The van der Waals surface area contributed by atoms with Crippen LogP contribution in [0.4, 0.5) is 4.79 Å². The monoisotopic (exact) mass is 553 g/mol. The van der Waals surface area contributed by atoms with Gasteiger partial charge in [-0.15, -0.1) is 0 Å². The summed E-state index contributed by atoms with van der Waals surface area (Å²) in [5, 5.41) is 4.37. The van der Waals surface area contributed by atoms with Crippen LogP contribution >= 0.6 is 34.8 Å². The van der Waals surface area contributed by atoms with Crippen molar-refractivity contribution in [2.75, 3.05) is 20.2 Å². The lowest BCUT2D eigenvalue weighted by Crippen LogP contribution is -2.42. The Balaban J connectivity index is 1.47. The molecule has 2 amide bonds. The number of nitrogens with one attached hydrogen (secondary N) is 1. The summed E-state index contributed by atoms with van der Waals surface area (Å²) in [6, 6.07) is 9.16. The van der Waals surface area contributed by atoms with Crippen molar-refractivity contribution < 1.29 is 19.1 Å². The summed E-state index contributed by atoms with van der Waals surface area (Å²) in [6.45, 7) is 3.14. The van der Waals surface area contributed by atoms with Gasteiger partial charge in [0.15, 0.2) is 0 Å². The third-order valence-electron chi connectivity index (χ3n) is 7.24. The van der Waals surface area contributed by atoms with Crippen LogP contribution in [-0.4, -0.2) is 54.2 Å². The van der Waals surface area contributed by atoms with E-state index in [1.807, 2.05) is 24.0 Å². The number of likely N-dealkylation sites (tertiary alicyclic amines) is 1. The molecule has 2 aromatic rings. The molecule has 0 unspecified atom stereocenters. The number of hydrogen-bond acceptors (Lipinski definition) is 5. The molecule has 1 aromatic carbocycles. The number of hydrogen-bond donors (Lipinski definition) is 1. The first kappa shape index (κ1) is 26.8. The third-order valence-corrected chi connectivity index (χ3v) is 8.20. The molecule has 2 heterocycles. The average Bonchev–Trinajstić information content (AvgIpc) is 3.33. The van der Waals surface area contributed by atoms with Crippen molar-refractivity contribution in [3.05, 3.63) is 57.2 Å². The molecule has 1 aliphatic heterocycles. The second kappa shape index (κ2) is 11.9. The van der Waals surface area contributed by atoms with Gasteiger partial charge in [-0.3, -0.25) is 4.79 Å². The largest absolute Gasteiger partial charge is 0.474 e. The van der Waals surface area contributed by atoms with Gasteiger partial charge < -0.3 is 19.7 Å². The van der Waals surface area contributed by atoms with Crippen LogP contribution in [0.1, 0.15) is 44.1 Å². The summed E-state index contributed by atoms with van der Waals surface area (Å²) in [4.78, 5) is 31.3. The van der Waals surface area contributed by atoms with E-state index in [-0.39, 0.29) is 35.8 Å². The molecule has 1 aromatic heterocycles. The van der Waals surface area contributed by atoms with Gasteiger partial charge in [-0.1, -0.05) is 40.9 Å². The van der Waals surface area contributed by atoms with Crippen LogP contribution in [0.3, 0.4) is 0 Å². The van der Waals surface area contributed by atoms with Crippen LogP contribution in [0.15, 0.2) is 36.5 Å². The minimum atomic E-state index is -0.430. The SMILES string of the molecule is COC(=O)N[C@H]1CC[C@H](C(=O)N2C[C@H]([C@H](C)Oc3ccc(Cl)cn3)[C@@H](c3ccc(Cl)c(Cl)c3)C2)CC1. The summed E-state index contributed by atoms with van der Waals surface area (Å²) in [6.07, 6.45) is 3.87. The van der Waals surface area contributed by atoms with Crippen molar-refractivity contribution in [2.24, 2.45) is 11.8 Å². The number of carbonyl (C=O) groups excluding carboxylic acids is 2. The van der Waals surface area contributed by atoms with Gasteiger partial charge in [0.05, 0.1) is 22.2 Å². The number of amides is 2. The molecule has 1 aliphatic carbocycles. The maximum atomic E-state index is 13.5. The van der Waals surface area contributed by atoms with Gasteiger partial charge >= 0.3 is 6.09 Å². The molecule has 36 heavy (non-hydrogen) atoms. The van der Waals surface area contributed by atoms with E-state index in [0.29, 0.717) is 34.0 Å². The van der Waals surface area contributed by atoms with Crippen LogP contribution < -0.4 is 10.1 Å². The van der Waals surface area contributed by atoms with Crippen molar-refractivity contribution in [3.63, 3.8) is 0 Å².